The highest BCUT2D eigenvalue weighted by Gasteiger charge is 2.51. The summed E-state index contributed by atoms with van der Waals surface area (Å²) >= 11 is 0. The maximum Gasteiger partial charge on any atom is 0.236 e. The van der Waals surface area contributed by atoms with Crippen molar-refractivity contribution in [2.24, 2.45) is 23.2 Å². The van der Waals surface area contributed by atoms with Gasteiger partial charge in [-0.25, -0.2) is 0 Å². The predicted molar refractivity (Wildman–Crippen MR) is 76.8 cm³/mol. The Morgan fingerprint density at radius 3 is 2.16 bits per heavy atom. The molecule has 0 spiro atoms. The minimum absolute atomic E-state index is 0.262. The van der Waals surface area contributed by atoms with Gasteiger partial charge in [0.1, 0.15) is 0 Å². The largest absolute Gasteiger partial charge is 0.344 e. The van der Waals surface area contributed by atoms with Crippen molar-refractivity contribution >= 4 is 5.91 Å². The third-order valence-corrected chi connectivity index (χ3v) is 5.69. The Kier molecular flexibility index (Phi) is 3.59. The summed E-state index contributed by atoms with van der Waals surface area (Å²) in [5.74, 6) is 3.19. The summed E-state index contributed by atoms with van der Waals surface area (Å²) in [6, 6.07) is 0. The third kappa shape index (κ3) is 2.67. The average Bonchev–Trinajstić information content (AvgIpc) is 2.33. The van der Waals surface area contributed by atoms with Crippen molar-refractivity contribution < 1.29 is 4.79 Å². The van der Waals surface area contributed by atoms with E-state index in [2.05, 4.69) is 5.32 Å². The zero-order valence-corrected chi connectivity index (χ0v) is 12.5. The van der Waals surface area contributed by atoms with Gasteiger partial charge >= 0.3 is 0 Å². The number of carbonyl (C=O) groups is 1. The molecule has 4 saturated carbocycles. The summed E-state index contributed by atoms with van der Waals surface area (Å²) in [6.45, 7) is 4.42. The normalized spacial score (nSPS) is 39.6. The smallest absolute Gasteiger partial charge is 0.236 e. The van der Waals surface area contributed by atoms with E-state index >= 15 is 0 Å². The van der Waals surface area contributed by atoms with Crippen molar-refractivity contribution in [2.45, 2.75) is 45.4 Å². The van der Waals surface area contributed by atoms with E-state index in [0.717, 1.165) is 30.8 Å². The molecule has 3 heteroatoms. The molecule has 0 heterocycles. The van der Waals surface area contributed by atoms with Crippen LogP contribution in [-0.2, 0) is 4.79 Å². The van der Waals surface area contributed by atoms with Gasteiger partial charge in [0, 0.05) is 13.6 Å². The van der Waals surface area contributed by atoms with E-state index in [1.165, 1.54) is 38.5 Å². The lowest BCUT2D eigenvalue weighted by atomic mass is 9.49. The molecule has 4 aliphatic carbocycles. The Bertz CT molecular complexity index is 317. The van der Waals surface area contributed by atoms with Gasteiger partial charge < -0.3 is 10.2 Å². The van der Waals surface area contributed by atoms with Crippen molar-refractivity contribution in [1.82, 2.24) is 10.2 Å². The van der Waals surface area contributed by atoms with Crippen LogP contribution in [0, 0.1) is 23.2 Å². The van der Waals surface area contributed by atoms with Crippen molar-refractivity contribution in [2.75, 3.05) is 26.7 Å². The fourth-order valence-electron chi connectivity index (χ4n) is 5.44. The molecule has 4 rings (SSSR count). The lowest BCUT2D eigenvalue weighted by Gasteiger charge is -2.57. The molecule has 1 amide bonds. The van der Waals surface area contributed by atoms with Crippen LogP contribution >= 0.6 is 0 Å². The molecule has 108 valence electrons. The number of likely N-dealkylation sites (N-methyl/N-ethyl adjacent to an activating group) is 2. The molecule has 0 aromatic carbocycles. The van der Waals surface area contributed by atoms with Crippen LogP contribution in [0.5, 0.6) is 0 Å². The van der Waals surface area contributed by atoms with E-state index in [4.69, 9.17) is 0 Å². The fraction of sp³-hybridized carbons (Fsp3) is 0.938. The number of hydrogen-bond acceptors (Lipinski definition) is 2. The first kappa shape index (κ1) is 13.4. The van der Waals surface area contributed by atoms with Gasteiger partial charge in [-0.05, 0) is 68.2 Å². The van der Waals surface area contributed by atoms with Gasteiger partial charge in [-0.15, -0.1) is 0 Å². The monoisotopic (exact) mass is 264 g/mol. The molecule has 0 aliphatic heterocycles. The predicted octanol–water partition coefficient (Wildman–Crippen LogP) is 2.27. The number of amides is 1. The third-order valence-electron chi connectivity index (χ3n) is 5.69. The van der Waals surface area contributed by atoms with Gasteiger partial charge in [-0.3, -0.25) is 4.79 Å². The van der Waals surface area contributed by atoms with Crippen LogP contribution in [0.4, 0.5) is 0 Å². The number of carbonyl (C=O) groups excluding carboxylic acids is 1. The summed E-state index contributed by atoms with van der Waals surface area (Å²) in [4.78, 5) is 14.1. The van der Waals surface area contributed by atoms with Crippen molar-refractivity contribution in [3.8, 4) is 0 Å². The minimum Gasteiger partial charge on any atom is -0.344 e. The SMILES string of the molecule is CCNCC(=O)N(C)CC12CC3CC(CC(C3)C1)C2. The number of hydrogen-bond donors (Lipinski definition) is 1. The number of nitrogens with zero attached hydrogens (tertiary/aromatic N) is 1. The molecule has 1 N–H and O–H groups in total. The van der Waals surface area contributed by atoms with Gasteiger partial charge in [0.15, 0.2) is 0 Å². The molecule has 0 aromatic rings. The highest BCUT2D eigenvalue weighted by Crippen LogP contribution is 2.60. The second-order valence-electron chi connectivity index (χ2n) is 7.45. The van der Waals surface area contributed by atoms with Gasteiger partial charge in [0.25, 0.3) is 0 Å². The Hall–Kier alpha value is -0.570. The fourth-order valence-corrected chi connectivity index (χ4v) is 5.44. The Morgan fingerprint density at radius 2 is 1.68 bits per heavy atom. The maximum absolute atomic E-state index is 12.1. The molecule has 0 radical (unpaired) electrons. The maximum atomic E-state index is 12.1. The Morgan fingerprint density at radius 1 is 1.16 bits per heavy atom. The molecule has 0 unspecified atom stereocenters. The highest BCUT2D eigenvalue weighted by atomic mass is 16.2. The second-order valence-corrected chi connectivity index (χ2v) is 7.45. The standard InChI is InChI=1S/C16H28N2O/c1-3-17-10-15(19)18(2)11-16-7-12-4-13(8-16)6-14(5-12)9-16/h12-14,17H,3-11H2,1-2H3. The van der Waals surface area contributed by atoms with E-state index in [1.54, 1.807) is 0 Å². The van der Waals surface area contributed by atoms with E-state index in [-0.39, 0.29) is 5.91 Å². The highest BCUT2D eigenvalue weighted by molar-refractivity contribution is 5.78. The van der Waals surface area contributed by atoms with Gasteiger partial charge in [0.2, 0.25) is 5.91 Å². The molecule has 0 atom stereocenters. The summed E-state index contributed by atoms with van der Waals surface area (Å²) in [7, 11) is 2.00. The molecular formula is C16H28N2O. The van der Waals surface area contributed by atoms with Crippen LogP contribution in [0.3, 0.4) is 0 Å². The lowest BCUT2D eigenvalue weighted by molar-refractivity contribution is -0.134. The van der Waals surface area contributed by atoms with Crippen LogP contribution in [-0.4, -0.2) is 37.5 Å². The van der Waals surface area contributed by atoms with Crippen molar-refractivity contribution in [3.05, 3.63) is 0 Å². The van der Waals surface area contributed by atoms with Gasteiger partial charge in [-0.1, -0.05) is 6.92 Å². The number of nitrogens with one attached hydrogen (secondary N) is 1. The first-order chi connectivity index (χ1) is 9.10. The quantitative estimate of drug-likeness (QED) is 0.826. The molecular weight excluding hydrogens is 236 g/mol. The summed E-state index contributed by atoms with van der Waals surface area (Å²) in [5, 5.41) is 3.15. The van der Waals surface area contributed by atoms with Gasteiger partial charge in [0.05, 0.1) is 6.54 Å². The molecule has 4 aliphatic rings. The Balaban J connectivity index is 1.61. The first-order valence-corrected chi connectivity index (χ1v) is 8.05. The first-order valence-electron chi connectivity index (χ1n) is 8.05. The summed E-state index contributed by atoms with van der Waals surface area (Å²) in [6.07, 6.45) is 8.60. The molecule has 4 fully saturated rings. The van der Waals surface area contributed by atoms with Crippen molar-refractivity contribution in [1.29, 1.82) is 0 Å². The van der Waals surface area contributed by atoms with E-state index < -0.39 is 0 Å². The van der Waals surface area contributed by atoms with E-state index in [0.29, 0.717) is 12.0 Å². The molecule has 4 bridgehead atoms. The van der Waals surface area contributed by atoms with Crippen LogP contribution in [0.1, 0.15) is 45.4 Å². The average molecular weight is 264 g/mol. The molecule has 19 heavy (non-hydrogen) atoms. The van der Waals surface area contributed by atoms with E-state index in [9.17, 15) is 4.79 Å². The van der Waals surface area contributed by atoms with Crippen molar-refractivity contribution in [3.63, 3.8) is 0 Å². The van der Waals surface area contributed by atoms with Crippen LogP contribution in [0.2, 0.25) is 0 Å². The Labute approximate surface area is 117 Å². The van der Waals surface area contributed by atoms with Crippen LogP contribution in [0.15, 0.2) is 0 Å². The summed E-state index contributed by atoms with van der Waals surface area (Å²) < 4.78 is 0. The topological polar surface area (TPSA) is 32.3 Å². The zero-order valence-electron chi connectivity index (χ0n) is 12.5. The molecule has 0 saturated heterocycles. The van der Waals surface area contributed by atoms with E-state index in [1.807, 2.05) is 18.9 Å². The second kappa shape index (κ2) is 5.08. The molecule has 0 aromatic heterocycles. The minimum atomic E-state index is 0.262. The molecule has 3 nitrogen and oxygen atoms in total. The summed E-state index contributed by atoms with van der Waals surface area (Å²) in [5.41, 5.74) is 0.478. The van der Waals surface area contributed by atoms with Crippen LogP contribution in [0.25, 0.3) is 0 Å². The van der Waals surface area contributed by atoms with Crippen LogP contribution < -0.4 is 5.32 Å². The zero-order chi connectivity index (χ0) is 13.5. The number of rotatable bonds is 5. The lowest BCUT2D eigenvalue weighted by Crippen LogP contribution is -2.52. The van der Waals surface area contributed by atoms with Gasteiger partial charge in [-0.2, -0.15) is 0 Å².